The third kappa shape index (κ3) is 5.32. The summed E-state index contributed by atoms with van der Waals surface area (Å²) in [6.45, 7) is 0. The summed E-state index contributed by atoms with van der Waals surface area (Å²) in [5.74, 6) is -0.722. The van der Waals surface area contributed by atoms with E-state index in [0.29, 0.717) is 10.0 Å². The number of alkyl halides is 3. The lowest BCUT2D eigenvalue weighted by molar-refractivity contribution is -0.274. The van der Waals surface area contributed by atoms with Crippen molar-refractivity contribution in [1.29, 1.82) is 0 Å². The fourth-order valence-corrected chi connectivity index (χ4v) is 1.79. The smallest absolute Gasteiger partial charge is 0.406 e. The van der Waals surface area contributed by atoms with Gasteiger partial charge in [0.2, 0.25) is 11.9 Å². The fourth-order valence-electron chi connectivity index (χ4n) is 1.58. The Kier molecular flexibility index (Phi) is 4.96. The molecule has 1 N–H and O–H groups in total. The van der Waals surface area contributed by atoms with Gasteiger partial charge in [-0.3, -0.25) is 10.1 Å². The first-order valence-corrected chi connectivity index (χ1v) is 6.73. The average Bonchev–Trinajstić information content (AvgIpc) is 2.40. The van der Waals surface area contributed by atoms with Crippen LogP contribution in [0.15, 0.2) is 41.1 Å². The molecule has 0 saturated heterocycles. The molecule has 0 aliphatic heterocycles. The molecule has 1 heterocycles. The van der Waals surface area contributed by atoms with Crippen molar-refractivity contribution in [1.82, 2.24) is 9.97 Å². The van der Waals surface area contributed by atoms with Gasteiger partial charge in [0.25, 0.3) is 0 Å². The maximum atomic E-state index is 12.1. The molecule has 0 bridgehead atoms. The monoisotopic (exact) mass is 375 g/mol. The van der Waals surface area contributed by atoms with Gasteiger partial charge in [-0.25, -0.2) is 9.97 Å². The summed E-state index contributed by atoms with van der Waals surface area (Å²) in [4.78, 5) is 19.5. The number of nitrogens with one attached hydrogen (secondary N) is 1. The predicted molar refractivity (Wildman–Crippen MR) is 75.2 cm³/mol. The first-order chi connectivity index (χ1) is 10.3. The minimum Gasteiger partial charge on any atom is -0.406 e. The molecule has 1 amide bonds. The second kappa shape index (κ2) is 6.73. The van der Waals surface area contributed by atoms with Gasteiger partial charge < -0.3 is 4.74 Å². The molecule has 0 radical (unpaired) electrons. The highest BCUT2D eigenvalue weighted by Crippen LogP contribution is 2.23. The van der Waals surface area contributed by atoms with Crippen LogP contribution in [0.3, 0.4) is 0 Å². The number of hydrogen-bond donors (Lipinski definition) is 1. The molecule has 2 aromatic rings. The maximum absolute atomic E-state index is 12.1. The molecule has 22 heavy (non-hydrogen) atoms. The number of rotatable bonds is 4. The van der Waals surface area contributed by atoms with Gasteiger partial charge >= 0.3 is 6.36 Å². The Morgan fingerprint density at radius 1 is 1.27 bits per heavy atom. The summed E-state index contributed by atoms with van der Waals surface area (Å²) in [6, 6.07) is 5.20. The van der Waals surface area contributed by atoms with Gasteiger partial charge in [-0.05, 0) is 33.6 Å². The van der Waals surface area contributed by atoms with Crippen LogP contribution in [-0.2, 0) is 11.2 Å². The second-order valence-corrected chi connectivity index (χ2v) is 5.06. The van der Waals surface area contributed by atoms with Gasteiger partial charge in [0, 0.05) is 12.4 Å². The van der Waals surface area contributed by atoms with Crippen LogP contribution < -0.4 is 10.1 Å². The number of ether oxygens (including phenoxy) is 1. The van der Waals surface area contributed by atoms with Crippen molar-refractivity contribution in [3.8, 4) is 5.75 Å². The van der Waals surface area contributed by atoms with Gasteiger partial charge in [0.15, 0.2) is 0 Å². The van der Waals surface area contributed by atoms with E-state index in [1.807, 2.05) is 0 Å². The van der Waals surface area contributed by atoms with E-state index in [1.54, 1.807) is 0 Å². The summed E-state index contributed by atoms with van der Waals surface area (Å²) in [7, 11) is 0. The Morgan fingerprint density at radius 2 is 1.95 bits per heavy atom. The number of carbonyl (C=O) groups excluding carboxylic acids is 1. The van der Waals surface area contributed by atoms with Crippen molar-refractivity contribution >= 4 is 27.8 Å². The number of amides is 1. The fraction of sp³-hybridized carbons (Fsp3) is 0.154. The van der Waals surface area contributed by atoms with Crippen molar-refractivity contribution < 1.29 is 22.7 Å². The van der Waals surface area contributed by atoms with E-state index in [0.717, 1.165) is 12.1 Å². The van der Waals surface area contributed by atoms with Gasteiger partial charge in [-0.15, -0.1) is 13.2 Å². The summed E-state index contributed by atoms with van der Waals surface area (Å²) >= 11 is 3.15. The number of carbonyl (C=O) groups is 1. The van der Waals surface area contributed by atoms with Crippen molar-refractivity contribution in [2.45, 2.75) is 12.8 Å². The van der Waals surface area contributed by atoms with Crippen molar-refractivity contribution in [3.63, 3.8) is 0 Å². The summed E-state index contributed by atoms with van der Waals surface area (Å²) in [6.07, 6.45) is -1.98. The molecule has 0 fully saturated rings. The predicted octanol–water partition coefficient (Wildman–Crippen LogP) is 3.32. The molecule has 2 rings (SSSR count). The SMILES string of the molecule is O=C(Cc1cccc(OC(F)(F)F)c1)Nc1ncc(Br)cn1. The molecular formula is C13H9BrF3N3O2. The van der Waals surface area contributed by atoms with Crippen molar-refractivity contribution in [2.75, 3.05) is 5.32 Å². The lowest BCUT2D eigenvalue weighted by Crippen LogP contribution is -2.18. The molecule has 0 aliphatic rings. The Labute approximate surface area is 131 Å². The highest BCUT2D eigenvalue weighted by atomic mass is 79.9. The van der Waals surface area contributed by atoms with E-state index >= 15 is 0 Å². The molecule has 0 atom stereocenters. The molecular weight excluding hydrogens is 367 g/mol. The Bertz CT molecular complexity index is 662. The molecule has 1 aromatic heterocycles. The Morgan fingerprint density at radius 3 is 2.59 bits per heavy atom. The van der Waals surface area contributed by atoms with Crippen LogP contribution in [0.2, 0.25) is 0 Å². The standard InChI is InChI=1S/C13H9BrF3N3O2/c14-9-6-18-12(19-7-9)20-11(21)5-8-2-1-3-10(4-8)22-13(15,16)17/h1-4,6-7H,5H2,(H,18,19,20,21). The van der Waals surface area contributed by atoms with Gasteiger partial charge in [-0.2, -0.15) is 0 Å². The van der Waals surface area contributed by atoms with E-state index in [9.17, 15) is 18.0 Å². The molecule has 0 aliphatic carbocycles. The second-order valence-electron chi connectivity index (χ2n) is 4.15. The van der Waals surface area contributed by atoms with Crippen LogP contribution in [0.5, 0.6) is 5.75 Å². The van der Waals surface area contributed by atoms with Crippen LogP contribution in [0.25, 0.3) is 0 Å². The third-order valence-electron chi connectivity index (χ3n) is 2.37. The molecule has 0 unspecified atom stereocenters. The van der Waals surface area contributed by atoms with E-state index in [4.69, 9.17) is 0 Å². The normalized spacial score (nSPS) is 11.1. The van der Waals surface area contributed by atoms with Crippen molar-refractivity contribution in [2.24, 2.45) is 0 Å². The maximum Gasteiger partial charge on any atom is 0.573 e. The topological polar surface area (TPSA) is 64.1 Å². The molecule has 5 nitrogen and oxygen atoms in total. The van der Waals surface area contributed by atoms with E-state index < -0.39 is 12.3 Å². The third-order valence-corrected chi connectivity index (χ3v) is 2.78. The molecule has 9 heteroatoms. The van der Waals surface area contributed by atoms with Crippen LogP contribution in [-0.4, -0.2) is 22.2 Å². The average molecular weight is 376 g/mol. The van der Waals surface area contributed by atoms with Gasteiger partial charge in [-0.1, -0.05) is 12.1 Å². The Balaban J connectivity index is 1.99. The quantitative estimate of drug-likeness (QED) is 0.890. The zero-order chi connectivity index (χ0) is 16.2. The van der Waals surface area contributed by atoms with Crippen LogP contribution in [0.4, 0.5) is 19.1 Å². The number of hydrogen-bond acceptors (Lipinski definition) is 4. The van der Waals surface area contributed by atoms with Gasteiger partial charge in [0.1, 0.15) is 5.75 Å². The number of nitrogens with zero attached hydrogens (tertiary/aromatic N) is 2. The van der Waals surface area contributed by atoms with E-state index in [2.05, 4.69) is 36.0 Å². The van der Waals surface area contributed by atoms with E-state index in [1.165, 1.54) is 24.5 Å². The molecule has 116 valence electrons. The highest BCUT2D eigenvalue weighted by Gasteiger charge is 2.31. The largest absolute Gasteiger partial charge is 0.573 e. The number of benzene rings is 1. The summed E-state index contributed by atoms with van der Waals surface area (Å²) in [5.41, 5.74) is 0.372. The number of anilines is 1. The zero-order valence-corrected chi connectivity index (χ0v) is 12.5. The zero-order valence-electron chi connectivity index (χ0n) is 10.9. The molecule has 0 saturated carbocycles. The molecule has 0 spiro atoms. The minimum atomic E-state index is -4.77. The first-order valence-electron chi connectivity index (χ1n) is 5.94. The van der Waals surface area contributed by atoms with Crippen molar-refractivity contribution in [3.05, 3.63) is 46.7 Å². The first kappa shape index (κ1) is 16.2. The summed E-state index contributed by atoms with van der Waals surface area (Å²) < 4.78 is 40.9. The Hall–Kier alpha value is -2.16. The van der Waals surface area contributed by atoms with Crippen LogP contribution in [0, 0.1) is 0 Å². The van der Waals surface area contributed by atoms with Crippen LogP contribution >= 0.6 is 15.9 Å². The lowest BCUT2D eigenvalue weighted by atomic mass is 10.1. The highest BCUT2D eigenvalue weighted by molar-refractivity contribution is 9.10. The number of aromatic nitrogens is 2. The minimum absolute atomic E-state index is 0.107. The van der Waals surface area contributed by atoms with E-state index in [-0.39, 0.29) is 18.1 Å². The molecule has 1 aromatic carbocycles. The lowest BCUT2D eigenvalue weighted by Gasteiger charge is -2.10. The number of halogens is 4. The van der Waals surface area contributed by atoms with Gasteiger partial charge in [0.05, 0.1) is 10.9 Å². The summed E-state index contributed by atoms with van der Waals surface area (Å²) in [5, 5.41) is 2.44. The van der Waals surface area contributed by atoms with Crippen LogP contribution in [0.1, 0.15) is 5.56 Å².